The normalized spacial score (nSPS) is 21.3. The first-order valence-corrected chi connectivity index (χ1v) is 5.92. The second-order valence-corrected chi connectivity index (χ2v) is 4.28. The smallest absolute Gasteiger partial charge is 0.285 e. The van der Waals surface area contributed by atoms with Crippen molar-refractivity contribution in [3.05, 3.63) is 23.9 Å². The van der Waals surface area contributed by atoms with Crippen LogP contribution in [0.4, 0.5) is 5.82 Å². The van der Waals surface area contributed by atoms with Crippen LogP contribution >= 0.6 is 0 Å². The Hall–Kier alpha value is -2.11. The average molecular weight is 246 g/mol. The molecular formula is C12H14N4O2. The fourth-order valence-electron chi connectivity index (χ4n) is 2.25. The molecule has 1 aromatic rings. The topological polar surface area (TPSA) is 66.8 Å². The molecule has 6 heteroatoms. The Balaban J connectivity index is 1.87. The number of aliphatic imine (C=N–C) groups is 1. The monoisotopic (exact) mass is 246 g/mol. The summed E-state index contributed by atoms with van der Waals surface area (Å²) in [5, 5.41) is 3.21. The first kappa shape index (κ1) is 11.0. The van der Waals surface area contributed by atoms with Crippen molar-refractivity contribution in [2.75, 3.05) is 24.6 Å². The van der Waals surface area contributed by atoms with Crippen LogP contribution in [0.25, 0.3) is 0 Å². The van der Waals surface area contributed by atoms with Crippen molar-refractivity contribution in [3.8, 4) is 0 Å². The molecule has 94 valence electrons. The van der Waals surface area contributed by atoms with Gasteiger partial charge in [0.15, 0.2) is 0 Å². The summed E-state index contributed by atoms with van der Waals surface area (Å²) in [5.74, 6) is 0.717. The third kappa shape index (κ3) is 1.79. The van der Waals surface area contributed by atoms with Crippen LogP contribution in [0.1, 0.15) is 18.5 Å². The summed E-state index contributed by atoms with van der Waals surface area (Å²) < 4.78 is 5.34. The summed E-state index contributed by atoms with van der Waals surface area (Å²) in [6.07, 6.45) is 1.70. The number of carbonyl (C=O) groups excluding carboxylic acids is 1. The highest BCUT2D eigenvalue weighted by Crippen LogP contribution is 2.32. The van der Waals surface area contributed by atoms with E-state index in [2.05, 4.69) is 15.3 Å². The summed E-state index contributed by atoms with van der Waals surface area (Å²) in [6.45, 7) is 3.41. The maximum Gasteiger partial charge on any atom is 0.285 e. The first-order chi connectivity index (χ1) is 8.75. The van der Waals surface area contributed by atoms with Gasteiger partial charge in [0, 0.05) is 18.7 Å². The van der Waals surface area contributed by atoms with E-state index in [0.29, 0.717) is 25.7 Å². The van der Waals surface area contributed by atoms with E-state index in [1.807, 2.05) is 12.1 Å². The van der Waals surface area contributed by atoms with Crippen LogP contribution < -0.4 is 10.2 Å². The highest BCUT2D eigenvalue weighted by Gasteiger charge is 2.33. The number of carbonyl (C=O) groups is 1. The van der Waals surface area contributed by atoms with Crippen LogP contribution in [0.5, 0.6) is 0 Å². The van der Waals surface area contributed by atoms with Crippen molar-refractivity contribution >= 4 is 17.7 Å². The van der Waals surface area contributed by atoms with Crippen LogP contribution in [0, 0.1) is 0 Å². The van der Waals surface area contributed by atoms with Crippen molar-refractivity contribution in [1.82, 2.24) is 10.3 Å². The molecule has 0 saturated heterocycles. The van der Waals surface area contributed by atoms with Gasteiger partial charge in [0.05, 0.1) is 19.1 Å². The van der Waals surface area contributed by atoms with E-state index < -0.39 is 0 Å². The van der Waals surface area contributed by atoms with Gasteiger partial charge in [-0.15, -0.1) is 0 Å². The van der Waals surface area contributed by atoms with Crippen molar-refractivity contribution in [1.29, 1.82) is 0 Å². The van der Waals surface area contributed by atoms with Gasteiger partial charge in [-0.3, -0.25) is 9.69 Å². The lowest BCUT2D eigenvalue weighted by atomic mass is 10.1. The lowest BCUT2D eigenvalue weighted by molar-refractivity contribution is -0.116. The Bertz CT molecular complexity index is 515. The largest absolute Gasteiger partial charge is 0.463 e. The highest BCUT2D eigenvalue weighted by molar-refractivity contribution is 5.93. The number of ether oxygens (including phenoxy) is 1. The van der Waals surface area contributed by atoms with Crippen molar-refractivity contribution < 1.29 is 9.53 Å². The Morgan fingerprint density at radius 1 is 1.61 bits per heavy atom. The minimum absolute atomic E-state index is 0.00514. The van der Waals surface area contributed by atoms with Gasteiger partial charge in [0.25, 0.3) is 6.02 Å². The second kappa shape index (κ2) is 4.29. The summed E-state index contributed by atoms with van der Waals surface area (Å²) in [5.41, 5.74) is 1.01. The van der Waals surface area contributed by atoms with E-state index >= 15 is 0 Å². The summed E-state index contributed by atoms with van der Waals surface area (Å²) >= 11 is 0. The zero-order chi connectivity index (χ0) is 12.5. The molecule has 0 aliphatic carbocycles. The fraction of sp³-hybridized carbons (Fsp3) is 0.417. The molecule has 1 amide bonds. The molecule has 6 nitrogen and oxygen atoms in total. The predicted octanol–water partition coefficient (Wildman–Crippen LogP) is 0.465. The second-order valence-electron chi connectivity index (χ2n) is 4.28. The fourth-order valence-corrected chi connectivity index (χ4v) is 2.25. The Morgan fingerprint density at radius 3 is 3.22 bits per heavy atom. The average Bonchev–Trinajstić information content (AvgIpc) is 2.98. The number of fused-ring (bicyclic) bond motifs is 1. The molecule has 1 aromatic heterocycles. The number of nitrogens with one attached hydrogen (secondary N) is 1. The van der Waals surface area contributed by atoms with Crippen LogP contribution in [-0.4, -0.2) is 36.6 Å². The maximum absolute atomic E-state index is 11.6. The number of rotatable bonds is 1. The molecule has 0 saturated carbocycles. The molecule has 1 N–H and O–H groups in total. The van der Waals surface area contributed by atoms with Gasteiger partial charge in [0.2, 0.25) is 5.91 Å². The van der Waals surface area contributed by atoms with Gasteiger partial charge in [-0.05, 0) is 6.07 Å². The van der Waals surface area contributed by atoms with E-state index in [-0.39, 0.29) is 11.9 Å². The number of nitrogens with zero attached hydrogens (tertiary/aromatic N) is 3. The van der Waals surface area contributed by atoms with Crippen LogP contribution in [0.15, 0.2) is 23.3 Å². The SMILES string of the molecule is CC(=O)N1CC(NC2=NCCO2)c2cccnc21. The summed E-state index contributed by atoms with van der Waals surface area (Å²) in [6, 6.07) is 4.39. The van der Waals surface area contributed by atoms with Crippen molar-refractivity contribution in [2.24, 2.45) is 4.99 Å². The van der Waals surface area contributed by atoms with Crippen molar-refractivity contribution in [3.63, 3.8) is 0 Å². The third-order valence-corrected chi connectivity index (χ3v) is 3.08. The highest BCUT2D eigenvalue weighted by atomic mass is 16.5. The van der Waals surface area contributed by atoms with E-state index in [1.165, 1.54) is 0 Å². The van der Waals surface area contributed by atoms with Crippen molar-refractivity contribution in [2.45, 2.75) is 13.0 Å². The molecule has 3 heterocycles. The molecule has 0 aromatic carbocycles. The molecule has 2 aliphatic rings. The molecule has 1 atom stereocenters. The molecule has 0 radical (unpaired) electrons. The first-order valence-electron chi connectivity index (χ1n) is 5.92. The Morgan fingerprint density at radius 2 is 2.50 bits per heavy atom. The lowest BCUT2D eigenvalue weighted by Crippen LogP contribution is -2.34. The quantitative estimate of drug-likeness (QED) is 0.782. The van der Waals surface area contributed by atoms with Crippen LogP contribution in [0.3, 0.4) is 0 Å². The van der Waals surface area contributed by atoms with E-state index in [9.17, 15) is 4.79 Å². The number of anilines is 1. The third-order valence-electron chi connectivity index (χ3n) is 3.08. The maximum atomic E-state index is 11.6. The molecule has 18 heavy (non-hydrogen) atoms. The molecular weight excluding hydrogens is 232 g/mol. The van der Waals surface area contributed by atoms with Gasteiger partial charge < -0.3 is 10.1 Å². The molecule has 0 bridgehead atoms. The number of hydrogen-bond donors (Lipinski definition) is 1. The zero-order valence-electron chi connectivity index (χ0n) is 10.1. The Kier molecular flexibility index (Phi) is 2.62. The van der Waals surface area contributed by atoms with Gasteiger partial charge in [0.1, 0.15) is 12.4 Å². The number of amidine groups is 1. The van der Waals surface area contributed by atoms with Gasteiger partial charge >= 0.3 is 0 Å². The molecule has 1 unspecified atom stereocenters. The predicted molar refractivity (Wildman–Crippen MR) is 66.4 cm³/mol. The molecule has 3 rings (SSSR count). The number of aromatic nitrogens is 1. The van der Waals surface area contributed by atoms with Gasteiger partial charge in [-0.2, -0.15) is 0 Å². The van der Waals surface area contributed by atoms with Gasteiger partial charge in [-0.1, -0.05) is 6.07 Å². The standard InChI is InChI=1S/C12H14N4O2/c1-8(17)16-7-10(15-12-14-5-6-18-12)9-3-2-4-13-11(9)16/h2-4,10H,5-7H2,1H3,(H,14,15). The van der Waals surface area contributed by atoms with Crippen LogP contribution in [0.2, 0.25) is 0 Å². The molecule has 0 fully saturated rings. The molecule has 2 aliphatic heterocycles. The van der Waals surface area contributed by atoms with Crippen LogP contribution in [-0.2, 0) is 9.53 Å². The minimum atomic E-state index is -0.00599. The van der Waals surface area contributed by atoms with E-state index in [0.717, 1.165) is 11.4 Å². The zero-order valence-corrected chi connectivity index (χ0v) is 10.1. The summed E-state index contributed by atoms with van der Waals surface area (Å²) in [4.78, 5) is 21.7. The molecule has 0 spiro atoms. The number of hydrogen-bond acceptors (Lipinski definition) is 5. The summed E-state index contributed by atoms with van der Waals surface area (Å²) in [7, 11) is 0. The number of amides is 1. The lowest BCUT2D eigenvalue weighted by Gasteiger charge is -2.15. The van der Waals surface area contributed by atoms with E-state index in [4.69, 9.17) is 4.74 Å². The number of pyridine rings is 1. The minimum Gasteiger partial charge on any atom is -0.463 e. The Labute approximate surface area is 105 Å². The van der Waals surface area contributed by atoms with E-state index in [1.54, 1.807) is 18.0 Å². The van der Waals surface area contributed by atoms with Gasteiger partial charge in [-0.25, -0.2) is 9.98 Å².